The molecule has 0 saturated carbocycles. The second kappa shape index (κ2) is 6.84. The number of nitrogens with one attached hydrogen (secondary N) is 2. The fourth-order valence-electron chi connectivity index (χ4n) is 1.56. The molecule has 2 rings (SSSR count). The molecule has 1 aromatic heterocycles. The Bertz CT molecular complexity index is 541. The summed E-state index contributed by atoms with van der Waals surface area (Å²) in [5.74, 6) is -0.0288. The first-order chi connectivity index (χ1) is 9.16. The average Bonchev–Trinajstić information content (AvgIpc) is 2.82. The van der Waals surface area contributed by atoms with Crippen LogP contribution in [0.1, 0.15) is 11.8 Å². The fourth-order valence-corrected chi connectivity index (χ4v) is 3.01. The van der Waals surface area contributed by atoms with E-state index in [1.807, 2.05) is 48.7 Å². The van der Waals surface area contributed by atoms with E-state index in [2.05, 4.69) is 26.6 Å². The molecule has 0 saturated heterocycles. The Kier molecular flexibility index (Phi) is 5.13. The van der Waals surface area contributed by atoms with Crippen LogP contribution in [0.25, 0.3) is 0 Å². The highest BCUT2D eigenvalue weighted by atomic mass is 79.9. The molecule has 0 aliphatic heterocycles. The standard InChI is InChI=1S/C14H15BrN2OS/c1-10(16-9-13-12(15)7-8-19-13)14(18)17-11-5-3-2-4-6-11/h2-8,10,16H,9H2,1H3,(H,17,18). The molecule has 5 heteroatoms. The molecule has 0 fully saturated rings. The maximum Gasteiger partial charge on any atom is 0.241 e. The lowest BCUT2D eigenvalue weighted by Crippen LogP contribution is -2.37. The van der Waals surface area contributed by atoms with Crippen LogP contribution < -0.4 is 10.6 Å². The fraction of sp³-hybridized carbons (Fsp3) is 0.214. The summed E-state index contributed by atoms with van der Waals surface area (Å²) >= 11 is 5.14. The number of rotatable bonds is 5. The van der Waals surface area contributed by atoms with Gasteiger partial charge in [0.05, 0.1) is 6.04 Å². The second-order valence-electron chi connectivity index (χ2n) is 4.15. The zero-order valence-electron chi connectivity index (χ0n) is 10.5. The van der Waals surface area contributed by atoms with Gasteiger partial charge in [0.1, 0.15) is 0 Å². The maximum atomic E-state index is 12.0. The number of benzene rings is 1. The molecule has 1 amide bonds. The van der Waals surface area contributed by atoms with E-state index in [1.54, 1.807) is 11.3 Å². The van der Waals surface area contributed by atoms with Crippen molar-refractivity contribution in [1.29, 1.82) is 0 Å². The van der Waals surface area contributed by atoms with E-state index in [1.165, 1.54) is 4.88 Å². The largest absolute Gasteiger partial charge is 0.325 e. The first-order valence-electron chi connectivity index (χ1n) is 5.98. The predicted molar refractivity (Wildman–Crippen MR) is 83.4 cm³/mol. The summed E-state index contributed by atoms with van der Waals surface area (Å²) in [6, 6.07) is 11.2. The van der Waals surface area contributed by atoms with Gasteiger partial charge in [0.15, 0.2) is 0 Å². The molecule has 100 valence electrons. The Labute approximate surface area is 125 Å². The molecule has 0 bridgehead atoms. The highest BCUT2D eigenvalue weighted by Crippen LogP contribution is 2.22. The first-order valence-corrected chi connectivity index (χ1v) is 7.65. The van der Waals surface area contributed by atoms with Gasteiger partial charge >= 0.3 is 0 Å². The van der Waals surface area contributed by atoms with Gasteiger partial charge in [0, 0.05) is 21.6 Å². The van der Waals surface area contributed by atoms with Crippen molar-refractivity contribution in [3.05, 3.63) is 51.1 Å². The van der Waals surface area contributed by atoms with Crippen molar-refractivity contribution in [3.8, 4) is 0 Å². The number of thiophene rings is 1. The summed E-state index contributed by atoms with van der Waals surface area (Å²) < 4.78 is 1.08. The maximum absolute atomic E-state index is 12.0. The van der Waals surface area contributed by atoms with E-state index >= 15 is 0 Å². The van der Waals surface area contributed by atoms with Gasteiger partial charge in [-0.05, 0) is 46.4 Å². The monoisotopic (exact) mass is 338 g/mol. The van der Waals surface area contributed by atoms with Crippen molar-refractivity contribution in [2.45, 2.75) is 19.5 Å². The van der Waals surface area contributed by atoms with Gasteiger partial charge in [0.25, 0.3) is 0 Å². The van der Waals surface area contributed by atoms with Crippen LogP contribution in [-0.2, 0) is 11.3 Å². The van der Waals surface area contributed by atoms with Crippen molar-refractivity contribution in [2.75, 3.05) is 5.32 Å². The smallest absolute Gasteiger partial charge is 0.241 e. The van der Waals surface area contributed by atoms with Crippen molar-refractivity contribution in [1.82, 2.24) is 5.32 Å². The molecule has 2 N–H and O–H groups in total. The molecule has 19 heavy (non-hydrogen) atoms. The molecule has 2 aromatic rings. The number of carbonyl (C=O) groups is 1. The third kappa shape index (κ3) is 4.16. The minimum atomic E-state index is -0.241. The number of halogens is 1. The lowest BCUT2D eigenvalue weighted by atomic mass is 10.2. The minimum Gasteiger partial charge on any atom is -0.325 e. The third-order valence-electron chi connectivity index (χ3n) is 2.69. The second-order valence-corrected chi connectivity index (χ2v) is 6.00. The van der Waals surface area contributed by atoms with Gasteiger partial charge in [-0.15, -0.1) is 11.3 Å². The van der Waals surface area contributed by atoms with Gasteiger partial charge < -0.3 is 10.6 Å². The van der Waals surface area contributed by atoms with Crippen LogP contribution in [-0.4, -0.2) is 11.9 Å². The van der Waals surface area contributed by atoms with Crippen LogP contribution in [0.5, 0.6) is 0 Å². The van der Waals surface area contributed by atoms with Gasteiger partial charge in [-0.25, -0.2) is 0 Å². The summed E-state index contributed by atoms with van der Waals surface area (Å²) in [5, 5.41) is 8.11. The number of anilines is 1. The van der Waals surface area contributed by atoms with E-state index in [-0.39, 0.29) is 11.9 Å². The Hall–Kier alpha value is -1.17. The van der Waals surface area contributed by atoms with Crippen LogP contribution in [0, 0.1) is 0 Å². The van der Waals surface area contributed by atoms with Crippen molar-refractivity contribution < 1.29 is 4.79 Å². The summed E-state index contributed by atoms with van der Waals surface area (Å²) in [6.07, 6.45) is 0. The molecular formula is C14H15BrN2OS. The Morgan fingerprint density at radius 1 is 1.32 bits per heavy atom. The average molecular weight is 339 g/mol. The summed E-state index contributed by atoms with van der Waals surface area (Å²) in [4.78, 5) is 13.2. The number of para-hydroxylation sites is 1. The van der Waals surface area contributed by atoms with Crippen LogP contribution >= 0.6 is 27.3 Å². The highest BCUT2D eigenvalue weighted by Gasteiger charge is 2.13. The number of hydrogen-bond donors (Lipinski definition) is 2. The minimum absolute atomic E-state index is 0.0288. The molecule has 0 radical (unpaired) electrons. The molecule has 1 aromatic carbocycles. The Morgan fingerprint density at radius 2 is 2.05 bits per heavy atom. The molecule has 3 nitrogen and oxygen atoms in total. The first kappa shape index (κ1) is 14.2. The normalized spacial score (nSPS) is 12.1. The van der Waals surface area contributed by atoms with Crippen molar-refractivity contribution in [3.63, 3.8) is 0 Å². The highest BCUT2D eigenvalue weighted by molar-refractivity contribution is 9.10. The Balaban J connectivity index is 1.84. The van der Waals surface area contributed by atoms with E-state index in [9.17, 15) is 4.79 Å². The van der Waals surface area contributed by atoms with Crippen molar-refractivity contribution in [2.24, 2.45) is 0 Å². The quantitative estimate of drug-likeness (QED) is 0.873. The summed E-state index contributed by atoms with van der Waals surface area (Å²) in [6.45, 7) is 2.54. The van der Waals surface area contributed by atoms with Crippen LogP contribution in [0.4, 0.5) is 5.69 Å². The number of hydrogen-bond acceptors (Lipinski definition) is 3. The molecule has 0 aliphatic rings. The lowest BCUT2D eigenvalue weighted by Gasteiger charge is -2.13. The topological polar surface area (TPSA) is 41.1 Å². The van der Waals surface area contributed by atoms with Gasteiger partial charge in [-0.1, -0.05) is 18.2 Å². The molecule has 1 atom stereocenters. The number of carbonyl (C=O) groups excluding carboxylic acids is 1. The molecule has 0 spiro atoms. The van der Waals surface area contributed by atoms with Gasteiger partial charge in [-0.3, -0.25) is 4.79 Å². The third-order valence-corrected chi connectivity index (χ3v) is 4.62. The van der Waals surface area contributed by atoms with E-state index in [4.69, 9.17) is 0 Å². The zero-order valence-corrected chi connectivity index (χ0v) is 12.9. The van der Waals surface area contributed by atoms with Gasteiger partial charge in [-0.2, -0.15) is 0 Å². The summed E-state index contributed by atoms with van der Waals surface area (Å²) in [5.41, 5.74) is 0.818. The zero-order chi connectivity index (χ0) is 13.7. The van der Waals surface area contributed by atoms with E-state index in [0.717, 1.165) is 10.2 Å². The van der Waals surface area contributed by atoms with Gasteiger partial charge in [0.2, 0.25) is 5.91 Å². The molecular weight excluding hydrogens is 324 g/mol. The van der Waals surface area contributed by atoms with Crippen LogP contribution in [0.15, 0.2) is 46.3 Å². The molecule has 1 unspecified atom stereocenters. The van der Waals surface area contributed by atoms with Crippen molar-refractivity contribution >= 4 is 38.9 Å². The van der Waals surface area contributed by atoms with E-state index in [0.29, 0.717) is 6.54 Å². The number of amides is 1. The lowest BCUT2D eigenvalue weighted by molar-refractivity contribution is -0.117. The SMILES string of the molecule is CC(NCc1sccc1Br)C(=O)Nc1ccccc1. The summed E-state index contributed by atoms with van der Waals surface area (Å²) in [7, 11) is 0. The molecule has 0 aliphatic carbocycles. The van der Waals surface area contributed by atoms with Crippen LogP contribution in [0.2, 0.25) is 0 Å². The predicted octanol–water partition coefficient (Wildman–Crippen LogP) is 3.63. The Morgan fingerprint density at radius 3 is 2.68 bits per heavy atom. The molecule has 1 heterocycles. The van der Waals surface area contributed by atoms with E-state index < -0.39 is 0 Å². The van der Waals surface area contributed by atoms with Crippen LogP contribution in [0.3, 0.4) is 0 Å².